The number of carbonyl (C=O) groups is 1. The van der Waals surface area contributed by atoms with Crippen molar-refractivity contribution in [1.82, 2.24) is 14.2 Å². The number of hydrogen-bond donors (Lipinski definition) is 1. The van der Waals surface area contributed by atoms with Crippen molar-refractivity contribution in [2.45, 2.75) is 27.3 Å². The third-order valence-electron chi connectivity index (χ3n) is 5.05. The van der Waals surface area contributed by atoms with Gasteiger partial charge in [-0.05, 0) is 68.3 Å². The Morgan fingerprint density at radius 1 is 1.06 bits per heavy atom. The number of nitrogens with zero attached hydrogens (tertiary/aromatic N) is 3. The van der Waals surface area contributed by atoms with Gasteiger partial charge in [-0.25, -0.2) is 4.52 Å². The average Bonchev–Trinajstić information content (AvgIpc) is 3.19. The molecule has 2 heterocycles. The standard InChI is InChI=1S/C24H24N4O3/c1-4-31-19-9-7-18(8-10-19)21-14-22-24(30)27(11-12-28(22)26-21)15-23(29)25-20-13-16(2)5-6-17(20)3/h5-14H,4,15H2,1-3H3,(H,25,29). The van der Waals surface area contributed by atoms with Gasteiger partial charge in [0.15, 0.2) is 0 Å². The maximum absolute atomic E-state index is 12.9. The topological polar surface area (TPSA) is 77.6 Å². The Labute approximate surface area is 179 Å². The maximum atomic E-state index is 12.9. The summed E-state index contributed by atoms with van der Waals surface area (Å²) in [4.78, 5) is 25.5. The molecule has 31 heavy (non-hydrogen) atoms. The molecule has 0 spiro atoms. The van der Waals surface area contributed by atoms with Gasteiger partial charge in [-0.15, -0.1) is 0 Å². The minimum absolute atomic E-state index is 0.0771. The predicted octanol–water partition coefficient (Wildman–Crippen LogP) is 3.82. The summed E-state index contributed by atoms with van der Waals surface area (Å²) in [7, 11) is 0. The molecule has 2 aromatic heterocycles. The number of amides is 1. The van der Waals surface area contributed by atoms with Gasteiger partial charge in [-0.2, -0.15) is 5.10 Å². The summed E-state index contributed by atoms with van der Waals surface area (Å²) in [5.74, 6) is 0.527. The first-order valence-electron chi connectivity index (χ1n) is 10.1. The quantitative estimate of drug-likeness (QED) is 0.518. The second-order valence-corrected chi connectivity index (χ2v) is 7.41. The van der Waals surface area contributed by atoms with E-state index in [1.807, 2.05) is 63.2 Å². The number of aryl methyl sites for hydroxylation is 2. The van der Waals surface area contributed by atoms with Crippen molar-refractivity contribution in [2.75, 3.05) is 11.9 Å². The minimum Gasteiger partial charge on any atom is -0.494 e. The summed E-state index contributed by atoms with van der Waals surface area (Å²) in [6, 6.07) is 15.2. The van der Waals surface area contributed by atoms with Crippen LogP contribution < -0.4 is 15.6 Å². The zero-order valence-corrected chi connectivity index (χ0v) is 17.8. The molecule has 0 atom stereocenters. The molecule has 0 saturated heterocycles. The fourth-order valence-corrected chi connectivity index (χ4v) is 3.40. The molecule has 7 heteroatoms. The Kier molecular flexibility index (Phi) is 5.58. The van der Waals surface area contributed by atoms with Crippen LogP contribution in [-0.4, -0.2) is 26.7 Å². The molecule has 158 valence electrons. The molecular weight excluding hydrogens is 392 g/mol. The molecule has 1 N–H and O–H groups in total. The van der Waals surface area contributed by atoms with Crippen molar-refractivity contribution in [3.8, 4) is 17.0 Å². The van der Waals surface area contributed by atoms with E-state index in [1.54, 1.807) is 18.5 Å². The highest BCUT2D eigenvalue weighted by molar-refractivity contribution is 5.91. The summed E-state index contributed by atoms with van der Waals surface area (Å²) < 4.78 is 8.39. The van der Waals surface area contributed by atoms with E-state index in [1.165, 1.54) is 9.08 Å². The molecule has 4 aromatic rings. The highest BCUT2D eigenvalue weighted by atomic mass is 16.5. The van der Waals surface area contributed by atoms with E-state index in [2.05, 4.69) is 10.4 Å². The van der Waals surface area contributed by atoms with E-state index in [0.29, 0.717) is 17.8 Å². The first-order chi connectivity index (χ1) is 14.9. The lowest BCUT2D eigenvalue weighted by atomic mass is 10.1. The van der Waals surface area contributed by atoms with Crippen molar-refractivity contribution in [1.29, 1.82) is 0 Å². The lowest BCUT2D eigenvalue weighted by molar-refractivity contribution is -0.116. The highest BCUT2D eigenvalue weighted by Gasteiger charge is 2.12. The van der Waals surface area contributed by atoms with Crippen LogP contribution in [0, 0.1) is 13.8 Å². The first kappa shape index (κ1) is 20.4. The van der Waals surface area contributed by atoms with Gasteiger partial charge in [0.05, 0.1) is 12.3 Å². The Morgan fingerprint density at radius 2 is 1.84 bits per heavy atom. The molecule has 4 rings (SSSR count). The van der Waals surface area contributed by atoms with Crippen LogP contribution in [0.15, 0.2) is 65.7 Å². The van der Waals surface area contributed by atoms with Crippen LogP contribution in [0.2, 0.25) is 0 Å². The van der Waals surface area contributed by atoms with Gasteiger partial charge in [-0.3, -0.25) is 9.59 Å². The number of rotatable bonds is 6. The number of hydrogen-bond acceptors (Lipinski definition) is 4. The zero-order valence-electron chi connectivity index (χ0n) is 17.8. The minimum atomic E-state index is -0.275. The van der Waals surface area contributed by atoms with Crippen LogP contribution in [0.4, 0.5) is 5.69 Å². The molecule has 0 saturated carbocycles. The van der Waals surface area contributed by atoms with Crippen molar-refractivity contribution in [3.63, 3.8) is 0 Å². The third-order valence-corrected chi connectivity index (χ3v) is 5.05. The summed E-state index contributed by atoms with van der Waals surface area (Å²) in [6.07, 6.45) is 3.26. The van der Waals surface area contributed by atoms with E-state index in [-0.39, 0.29) is 18.0 Å². The zero-order chi connectivity index (χ0) is 22.0. The second kappa shape index (κ2) is 8.47. The predicted molar refractivity (Wildman–Crippen MR) is 121 cm³/mol. The van der Waals surface area contributed by atoms with E-state index < -0.39 is 0 Å². The fraction of sp³-hybridized carbons (Fsp3) is 0.208. The molecule has 0 aliphatic rings. The normalized spacial score (nSPS) is 10.9. The lowest BCUT2D eigenvalue weighted by Crippen LogP contribution is -2.28. The molecule has 2 aromatic carbocycles. The Bertz CT molecular complexity index is 1300. The Hall–Kier alpha value is -3.87. The van der Waals surface area contributed by atoms with Gasteiger partial charge in [-0.1, -0.05) is 12.1 Å². The van der Waals surface area contributed by atoms with Crippen molar-refractivity contribution in [3.05, 3.63) is 82.4 Å². The number of carbonyl (C=O) groups excluding carboxylic acids is 1. The second-order valence-electron chi connectivity index (χ2n) is 7.41. The maximum Gasteiger partial charge on any atom is 0.277 e. The van der Waals surface area contributed by atoms with Crippen LogP contribution in [-0.2, 0) is 11.3 Å². The van der Waals surface area contributed by atoms with Gasteiger partial charge in [0.25, 0.3) is 5.56 Å². The molecule has 0 bridgehead atoms. The van der Waals surface area contributed by atoms with Crippen LogP contribution in [0.1, 0.15) is 18.1 Å². The van der Waals surface area contributed by atoms with E-state index in [9.17, 15) is 9.59 Å². The summed E-state index contributed by atoms with van der Waals surface area (Å²) in [5.41, 5.74) is 4.47. The van der Waals surface area contributed by atoms with E-state index in [0.717, 1.165) is 28.1 Å². The smallest absolute Gasteiger partial charge is 0.277 e. The molecule has 0 aliphatic carbocycles. The number of ether oxygens (including phenoxy) is 1. The number of anilines is 1. The van der Waals surface area contributed by atoms with Crippen LogP contribution in [0.3, 0.4) is 0 Å². The first-order valence-corrected chi connectivity index (χ1v) is 10.1. The van der Waals surface area contributed by atoms with Crippen molar-refractivity contribution >= 4 is 17.1 Å². The molecule has 0 aliphatic heterocycles. The molecule has 0 unspecified atom stereocenters. The van der Waals surface area contributed by atoms with Crippen LogP contribution in [0.25, 0.3) is 16.8 Å². The molecule has 0 fully saturated rings. The molecule has 1 amide bonds. The van der Waals surface area contributed by atoms with Gasteiger partial charge >= 0.3 is 0 Å². The van der Waals surface area contributed by atoms with Crippen molar-refractivity contribution < 1.29 is 9.53 Å². The van der Waals surface area contributed by atoms with Gasteiger partial charge in [0.1, 0.15) is 17.8 Å². The van der Waals surface area contributed by atoms with Gasteiger partial charge in [0.2, 0.25) is 5.91 Å². The third kappa shape index (κ3) is 4.35. The monoisotopic (exact) mass is 416 g/mol. The number of benzene rings is 2. The largest absolute Gasteiger partial charge is 0.494 e. The Morgan fingerprint density at radius 3 is 2.58 bits per heavy atom. The van der Waals surface area contributed by atoms with E-state index in [4.69, 9.17) is 4.74 Å². The molecular formula is C24H24N4O3. The number of nitrogens with one attached hydrogen (secondary N) is 1. The summed E-state index contributed by atoms with van der Waals surface area (Å²) >= 11 is 0. The summed E-state index contributed by atoms with van der Waals surface area (Å²) in [5, 5.41) is 7.38. The molecule has 7 nitrogen and oxygen atoms in total. The van der Waals surface area contributed by atoms with Crippen LogP contribution in [0.5, 0.6) is 5.75 Å². The van der Waals surface area contributed by atoms with Gasteiger partial charge in [0, 0.05) is 23.6 Å². The van der Waals surface area contributed by atoms with Crippen LogP contribution >= 0.6 is 0 Å². The van der Waals surface area contributed by atoms with Gasteiger partial charge < -0.3 is 14.6 Å². The fourth-order valence-electron chi connectivity index (χ4n) is 3.40. The summed E-state index contributed by atoms with van der Waals surface area (Å²) in [6.45, 7) is 6.36. The van der Waals surface area contributed by atoms with Crippen molar-refractivity contribution in [2.24, 2.45) is 0 Å². The lowest BCUT2D eigenvalue weighted by Gasteiger charge is -2.10. The van der Waals surface area contributed by atoms with E-state index >= 15 is 0 Å². The number of aromatic nitrogens is 3. The highest BCUT2D eigenvalue weighted by Crippen LogP contribution is 2.22. The Balaban J connectivity index is 1.57. The average molecular weight is 416 g/mol. The number of fused-ring (bicyclic) bond motifs is 1. The SMILES string of the molecule is CCOc1ccc(-c2cc3c(=O)n(CC(=O)Nc4cc(C)ccc4C)ccn3n2)cc1. The molecule has 0 radical (unpaired) electrons.